The highest BCUT2D eigenvalue weighted by atomic mass is 16.8. The quantitative estimate of drug-likeness (QED) is 0.0725. The van der Waals surface area contributed by atoms with Crippen LogP contribution in [0.1, 0.15) is 13.8 Å². The Bertz CT molecular complexity index is 1440. The first-order chi connectivity index (χ1) is 29.3. The van der Waals surface area contributed by atoms with Crippen LogP contribution >= 0.6 is 0 Å². The molecule has 5 heterocycles. The number of hydrogen-bond acceptors (Lipinski definition) is 26. The number of aliphatic hydroxyl groups is 15. The third kappa shape index (κ3) is 11.0. The highest BCUT2D eigenvalue weighted by Gasteiger charge is 2.56. The lowest BCUT2D eigenvalue weighted by Gasteiger charge is -2.50. The molecule has 0 aromatic carbocycles. The van der Waals surface area contributed by atoms with Gasteiger partial charge in [-0.15, -0.1) is 0 Å². The zero-order valence-corrected chi connectivity index (χ0v) is 33.2. The van der Waals surface area contributed by atoms with Crippen LogP contribution in [-0.2, 0) is 52.2 Å². The first-order valence-electron chi connectivity index (χ1n) is 19.6. The van der Waals surface area contributed by atoms with Gasteiger partial charge in [-0.3, -0.25) is 9.59 Å². The van der Waals surface area contributed by atoms with Crippen molar-refractivity contribution in [2.24, 2.45) is 0 Å². The molecule has 17 N–H and O–H groups in total. The van der Waals surface area contributed by atoms with Crippen LogP contribution < -0.4 is 10.6 Å². The van der Waals surface area contributed by atoms with Gasteiger partial charge in [0.1, 0.15) is 122 Å². The van der Waals surface area contributed by atoms with E-state index in [1.807, 2.05) is 0 Å². The maximum Gasteiger partial charge on any atom is 0.217 e. The smallest absolute Gasteiger partial charge is 0.217 e. The van der Waals surface area contributed by atoms with Gasteiger partial charge >= 0.3 is 0 Å². The van der Waals surface area contributed by atoms with Crippen LogP contribution in [0.4, 0.5) is 0 Å². The summed E-state index contributed by atoms with van der Waals surface area (Å²) in [5.74, 6) is -1.49. The van der Waals surface area contributed by atoms with Gasteiger partial charge in [0.15, 0.2) is 31.5 Å². The molecule has 28 heteroatoms. The third-order valence-electron chi connectivity index (χ3n) is 11.1. The molecule has 0 bridgehead atoms. The largest absolute Gasteiger partial charge is 0.394 e. The lowest BCUT2D eigenvalue weighted by molar-refractivity contribution is -0.384. The van der Waals surface area contributed by atoms with Crippen LogP contribution in [0.5, 0.6) is 0 Å². The lowest BCUT2D eigenvalue weighted by atomic mass is 9.94. The van der Waals surface area contributed by atoms with E-state index in [0.29, 0.717) is 0 Å². The molecule has 0 saturated carbocycles. The summed E-state index contributed by atoms with van der Waals surface area (Å²) < 4.78 is 50.8. The molecule has 28 nitrogen and oxygen atoms in total. The Labute approximate surface area is 351 Å². The number of carbonyl (C=O) groups is 2. The minimum absolute atomic E-state index is 0.693. The molecule has 0 unspecified atom stereocenters. The molecule has 0 spiro atoms. The normalized spacial score (nSPS) is 49.0. The van der Waals surface area contributed by atoms with E-state index in [-0.39, 0.29) is 0 Å². The predicted octanol–water partition coefficient (Wildman–Crippen LogP) is -11.6. The molecule has 5 fully saturated rings. The Balaban J connectivity index is 1.41. The van der Waals surface area contributed by atoms with Gasteiger partial charge in [0.2, 0.25) is 11.8 Å². The van der Waals surface area contributed by atoms with Gasteiger partial charge in [0.25, 0.3) is 0 Å². The molecule has 0 radical (unpaired) electrons. The van der Waals surface area contributed by atoms with Gasteiger partial charge in [-0.2, -0.15) is 0 Å². The van der Waals surface area contributed by atoms with Crippen molar-refractivity contribution in [3.63, 3.8) is 0 Å². The number of ether oxygens (including phenoxy) is 9. The monoisotopic (exact) mass is 910 g/mol. The summed E-state index contributed by atoms with van der Waals surface area (Å²) in [6, 6.07) is -3.19. The molecule has 360 valence electrons. The molecule has 0 aromatic heterocycles. The molecular weight excluding hydrogens is 852 g/mol. The van der Waals surface area contributed by atoms with Crippen molar-refractivity contribution >= 4 is 11.8 Å². The minimum atomic E-state index is -2.18. The molecule has 5 aliphatic rings. The fourth-order valence-electron chi connectivity index (χ4n) is 7.73. The van der Waals surface area contributed by atoms with Crippen LogP contribution in [0.3, 0.4) is 0 Å². The van der Waals surface area contributed by atoms with Crippen molar-refractivity contribution in [1.29, 1.82) is 0 Å². The molecule has 5 saturated heterocycles. The number of hydrogen-bond donors (Lipinski definition) is 17. The number of amides is 2. The lowest BCUT2D eigenvalue weighted by Crippen LogP contribution is -2.70. The second-order valence-corrected chi connectivity index (χ2v) is 15.5. The summed E-state index contributed by atoms with van der Waals surface area (Å²) in [5.41, 5.74) is 0. The maximum atomic E-state index is 12.4. The van der Waals surface area contributed by atoms with Gasteiger partial charge in [-0.25, -0.2) is 0 Å². The van der Waals surface area contributed by atoms with E-state index >= 15 is 0 Å². The Kier molecular flexibility index (Phi) is 18.1. The number of carbonyl (C=O) groups excluding carboxylic acids is 2. The first kappa shape index (κ1) is 51.0. The van der Waals surface area contributed by atoms with Crippen LogP contribution in [-0.4, -0.2) is 275 Å². The molecular formula is C34H58N2O26. The van der Waals surface area contributed by atoms with Gasteiger partial charge in [0.05, 0.1) is 33.0 Å². The van der Waals surface area contributed by atoms with E-state index in [0.717, 1.165) is 13.8 Å². The van der Waals surface area contributed by atoms with Crippen LogP contribution in [0.15, 0.2) is 0 Å². The summed E-state index contributed by atoms with van der Waals surface area (Å²) in [5, 5.41) is 163. The van der Waals surface area contributed by atoms with Gasteiger partial charge in [-0.05, 0) is 0 Å². The highest BCUT2D eigenvalue weighted by molar-refractivity contribution is 5.73. The molecule has 5 aliphatic heterocycles. The first-order valence-corrected chi connectivity index (χ1v) is 19.6. The minimum Gasteiger partial charge on any atom is -0.394 e. The summed E-state index contributed by atoms with van der Waals surface area (Å²) in [4.78, 5) is 24.2. The second-order valence-electron chi connectivity index (χ2n) is 15.5. The van der Waals surface area contributed by atoms with E-state index in [1.54, 1.807) is 0 Å². The highest BCUT2D eigenvalue weighted by Crippen LogP contribution is 2.35. The topological polar surface area (TPSA) is 445 Å². The van der Waals surface area contributed by atoms with Crippen molar-refractivity contribution in [2.75, 3.05) is 33.0 Å². The average Bonchev–Trinajstić information content (AvgIpc) is 3.23. The molecule has 0 aliphatic carbocycles. The summed E-state index contributed by atoms with van der Waals surface area (Å²) >= 11 is 0. The Morgan fingerprint density at radius 2 is 0.823 bits per heavy atom. The Morgan fingerprint density at radius 1 is 0.419 bits per heavy atom. The van der Waals surface area contributed by atoms with Crippen LogP contribution in [0.2, 0.25) is 0 Å². The SMILES string of the molecule is CC(=O)N[C@@H]1[C@@H](O)[C@H](O[C@@H]2O[C@H](CO)[C@@H](O[C@@H]3O[C@H](CO[C@@H]4O[C@H](CO)[C@H](O)[C@H](O)[C@H]4O)[C@@H](O)[C@H](O[C@H]4O[C@H](CO)[C@@H](O)[C@H](O)[C@@H]4O)[C@@H]3O)[C@H](O)[C@H]2NC(C)=O)[C@@H](CO)O[C@H]1O. The zero-order valence-electron chi connectivity index (χ0n) is 33.2. The zero-order chi connectivity index (χ0) is 45.9. The number of rotatable bonds is 15. The van der Waals surface area contributed by atoms with Crippen molar-refractivity contribution in [3.05, 3.63) is 0 Å². The third-order valence-corrected chi connectivity index (χ3v) is 11.1. The van der Waals surface area contributed by atoms with E-state index in [2.05, 4.69) is 10.6 Å². The summed E-state index contributed by atoms with van der Waals surface area (Å²) in [7, 11) is 0. The fraction of sp³-hybridized carbons (Fsp3) is 0.941. The predicted molar refractivity (Wildman–Crippen MR) is 190 cm³/mol. The van der Waals surface area contributed by atoms with E-state index in [9.17, 15) is 86.2 Å². The number of nitrogens with one attached hydrogen (secondary N) is 2. The van der Waals surface area contributed by atoms with Crippen molar-refractivity contribution in [3.8, 4) is 0 Å². The average molecular weight is 911 g/mol. The molecule has 25 atom stereocenters. The van der Waals surface area contributed by atoms with E-state index in [1.165, 1.54) is 0 Å². The molecule has 5 rings (SSSR count). The maximum absolute atomic E-state index is 12.4. The van der Waals surface area contributed by atoms with Gasteiger partial charge < -0.3 is 130 Å². The van der Waals surface area contributed by atoms with E-state index in [4.69, 9.17) is 42.6 Å². The van der Waals surface area contributed by atoms with Crippen LogP contribution in [0.25, 0.3) is 0 Å². The van der Waals surface area contributed by atoms with E-state index < -0.39 is 198 Å². The Hall–Kier alpha value is -2.02. The fourth-order valence-corrected chi connectivity index (χ4v) is 7.73. The van der Waals surface area contributed by atoms with Crippen molar-refractivity contribution < 1.29 is 129 Å². The molecule has 0 aromatic rings. The molecule has 2 amide bonds. The second kappa shape index (κ2) is 22.0. The molecule has 62 heavy (non-hydrogen) atoms. The van der Waals surface area contributed by atoms with Crippen LogP contribution in [0, 0.1) is 0 Å². The standard InChI is InChI=1S/C34H58N2O26/c1-8(41)35-15-20(46)27(12(5-39)55-30(15)53)60-31-16(36-9(2)42)21(47)28(13(6-40)58-31)61-34-26(52)29(62-33-25(51)23(49)18(44)11(4-38)57-33)19(45)14(59-34)7-54-32-24(50)22(48)17(43)10(3-37)56-32/h10-34,37-40,43-53H,3-7H2,1-2H3,(H,35,41)(H,36,42)/t10-,11-,12-,13-,14-,15-,16-,17+,18-,19-,20-,21-,22+,23+,24-,25+,26+,27-,28-,29+,30-,31+,32-,33-,34+/m1/s1. The summed E-state index contributed by atoms with van der Waals surface area (Å²) in [6.07, 6.45) is -42.3. The number of aliphatic hydroxyl groups excluding tert-OH is 15. The van der Waals surface area contributed by atoms with Gasteiger partial charge in [0, 0.05) is 13.8 Å². The van der Waals surface area contributed by atoms with Crippen molar-refractivity contribution in [2.45, 2.75) is 167 Å². The summed E-state index contributed by atoms with van der Waals surface area (Å²) in [6.45, 7) is -2.31. The van der Waals surface area contributed by atoms with Crippen molar-refractivity contribution in [1.82, 2.24) is 10.6 Å². The van der Waals surface area contributed by atoms with Gasteiger partial charge in [-0.1, -0.05) is 0 Å². The Morgan fingerprint density at radius 3 is 1.35 bits per heavy atom.